The Morgan fingerprint density at radius 2 is 1.82 bits per heavy atom. The van der Waals surface area contributed by atoms with Crippen LogP contribution in [0.5, 0.6) is 11.5 Å². The van der Waals surface area contributed by atoms with Crippen molar-refractivity contribution in [2.45, 2.75) is 13.1 Å². The number of carbonyl (C=O) groups is 1. The highest BCUT2D eigenvalue weighted by Gasteiger charge is 2.34. The molecule has 4 aromatic rings. The maximum Gasteiger partial charge on any atom is 0.435 e. The average Bonchev–Trinajstić information content (AvgIpc) is 3.43. The monoisotopic (exact) mass is 539 g/mol. The van der Waals surface area contributed by atoms with Crippen LogP contribution >= 0.6 is 0 Å². The molecule has 1 N–H and O–H groups in total. The molecule has 0 saturated carbocycles. The molecule has 0 aliphatic heterocycles. The summed E-state index contributed by atoms with van der Waals surface area (Å²) in [7, 11) is 3.02. The molecule has 0 amide bonds. The van der Waals surface area contributed by atoms with E-state index >= 15 is 0 Å². The molecule has 2 heterocycles. The van der Waals surface area contributed by atoms with Crippen LogP contribution in [0.15, 0.2) is 67.0 Å². The van der Waals surface area contributed by atoms with Crippen LogP contribution in [-0.4, -0.2) is 46.5 Å². The van der Waals surface area contributed by atoms with E-state index in [1.165, 1.54) is 32.7 Å². The molecule has 4 rings (SSSR count). The first-order valence-corrected chi connectivity index (χ1v) is 11.7. The number of esters is 1. The first-order chi connectivity index (χ1) is 18.7. The van der Waals surface area contributed by atoms with E-state index in [1.54, 1.807) is 55.5 Å². The van der Waals surface area contributed by atoms with Crippen molar-refractivity contribution in [3.63, 3.8) is 0 Å². The summed E-state index contributed by atoms with van der Waals surface area (Å²) in [5, 5.41) is 6.73. The van der Waals surface area contributed by atoms with Gasteiger partial charge in [0.05, 0.1) is 20.8 Å². The summed E-state index contributed by atoms with van der Waals surface area (Å²) in [6.07, 6.45) is 0.888. The van der Waals surface area contributed by atoms with Gasteiger partial charge in [-0.2, -0.15) is 23.3 Å². The molecular formula is C27H24F3N5O4. The third-order valence-electron chi connectivity index (χ3n) is 5.37. The second-order valence-electron chi connectivity index (χ2n) is 8.01. The molecule has 0 atom stereocenters. The van der Waals surface area contributed by atoms with Gasteiger partial charge < -0.3 is 19.5 Å². The molecule has 2 aromatic carbocycles. The number of halogens is 3. The Balaban J connectivity index is 1.77. The Kier molecular flexibility index (Phi) is 8.13. The highest BCUT2D eigenvalue weighted by Crippen LogP contribution is 2.32. The van der Waals surface area contributed by atoms with Crippen molar-refractivity contribution in [1.29, 1.82) is 0 Å². The third-order valence-corrected chi connectivity index (χ3v) is 5.37. The van der Waals surface area contributed by atoms with E-state index in [0.717, 1.165) is 10.7 Å². The molecule has 39 heavy (non-hydrogen) atoms. The molecule has 0 spiro atoms. The number of ether oxygens (including phenoxy) is 3. The number of anilines is 2. The van der Waals surface area contributed by atoms with Gasteiger partial charge in [0.15, 0.2) is 11.5 Å². The summed E-state index contributed by atoms with van der Waals surface area (Å²) in [5.41, 5.74) is 1.13. The van der Waals surface area contributed by atoms with Gasteiger partial charge in [-0.3, -0.25) is 0 Å². The van der Waals surface area contributed by atoms with Crippen molar-refractivity contribution in [3.8, 4) is 28.4 Å². The van der Waals surface area contributed by atoms with Crippen LogP contribution in [0.25, 0.3) is 23.0 Å². The molecule has 9 nitrogen and oxygen atoms in total. The summed E-state index contributed by atoms with van der Waals surface area (Å²) in [5.74, 6) is 0.746. The van der Waals surface area contributed by atoms with Gasteiger partial charge in [-0.1, -0.05) is 18.2 Å². The number of nitrogens with one attached hydrogen (secondary N) is 1. The highest BCUT2D eigenvalue weighted by molar-refractivity contribution is 5.87. The van der Waals surface area contributed by atoms with Crippen molar-refractivity contribution < 1.29 is 32.2 Å². The minimum Gasteiger partial charge on any atom is -0.497 e. The van der Waals surface area contributed by atoms with Gasteiger partial charge in [-0.15, -0.1) is 0 Å². The quantitative estimate of drug-likeness (QED) is 0.214. The Labute approximate surface area is 221 Å². The molecule has 0 radical (unpaired) electrons. The van der Waals surface area contributed by atoms with E-state index in [1.807, 2.05) is 0 Å². The van der Waals surface area contributed by atoms with E-state index < -0.39 is 17.8 Å². The largest absolute Gasteiger partial charge is 0.497 e. The number of nitrogens with zero attached hydrogens (tertiary/aromatic N) is 4. The predicted molar refractivity (Wildman–Crippen MR) is 138 cm³/mol. The van der Waals surface area contributed by atoms with Crippen LogP contribution in [0, 0.1) is 0 Å². The van der Waals surface area contributed by atoms with Crippen LogP contribution in [0.2, 0.25) is 0 Å². The Bertz CT molecular complexity index is 1480. The van der Waals surface area contributed by atoms with Crippen LogP contribution in [0.3, 0.4) is 0 Å². The number of carbonyl (C=O) groups excluding carboxylic acids is 1. The highest BCUT2D eigenvalue weighted by atomic mass is 19.4. The number of methoxy groups -OCH3 is 2. The van der Waals surface area contributed by atoms with Crippen LogP contribution < -0.4 is 14.8 Å². The summed E-state index contributed by atoms with van der Waals surface area (Å²) in [6, 6.07) is 12.9. The SMILES string of the molecule is CCOC(=O)C=Cc1cccc(-c2cnc(Nc3cc(OC)cc(OC)c3)nc2-n2ccc(C(F)(F)F)n2)c1. The molecule has 12 heteroatoms. The van der Waals surface area contributed by atoms with Gasteiger partial charge in [0.25, 0.3) is 0 Å². The number of alkyl halides is 3. The summed E-state index contributed by atoms with van der Waals surface area (Å²) in [4.78, 5) is 20.6. The minimum atomic E-state index is -4.63. The summed E-state index contributed by atoms with van der Waals surface area (Å²) >= 11 is 0. The standard InChI is InChI=1S/C27H24F3N5O4/c1-4-39-24(36)9-8-17-6-5-7-18(12-17)22-16-31-26(32-19-13-20(37-2)15-21(14-19)38-3)33-25(22)35-11-10-23(34-35)27(28,29)30/h5-16H,4H2,1-3H3,(H,31,32,33). The number of hydrogen-bond donors (Lipinski definition) is 1. The fourth-order valence-corrected chi connectivity index (χ4v) is 3.58. The maximum absolute atomic E-state index is 13.3. The van der Waals surface area contributed by atoms with Crippen LogP contribution in [-0.2, 0) is 15.7 Å². The van der Waals surface area contributed by atoms with Crippen molar-refractivity contribution in [1.82, 2.24) is 19.7 Å². The van der Waals surface area contributed by atoms with Gasteiger partial charge in [0.2, 0.25) is 5.95 Å². The van der Waals surface area contributed by atoms with E-state index in [0.29, 0.717) is 33.9 Å². The molecular weight excluding hydrogens is 515 g/mol. The zero-order valence-corrected chi connectivity index (χ0v) is 21.2. The average molecular weight is 540 g/mol. The molecule has 0 saturated heterocycles. The lowest BCUT2D eigenvalue weighted by atomic mass is 10.0. The molecule has 0 bridgehead atoms. The number of benzene rings is 2. The molecule has 0 unspecified atom stereocenters. The zero-order chi connectivity index (χ0) is 28.0. The fraction of sp³-hybridized carbons (Fsp3) is 0.185. The third kappa shape index (κ3) is 6.72. The number of aromatic nitrogens is 4. The van der Waals surface area contributed by atoms with Gasteiger partial charge in [0, 0.05) is 47.9 Å². The van der Waals surface area contributed by atoms with Crippen molar-refractivity contribution in [2.75, 3.05) is 26.1 Å². The Morgan fingerprint density at radius 3 is 2.46 bits per heavy atom. The second kappa shape index (κ2) is 11.7. The number of hydrogen-bond acceptors (Lipinski definition) is 8. The topological polar surface area (TPSA) is 100 Å². The van der Waals surface area contributed by atoms with Crippen molar-refractivity contribution in [2.24, 2.45) is 0 Å². The maximum atomic E-state index is 13.3. The van der Waals surface area contributed by atoms with Gasteiger partial charge >= 0.3 is 12.1 Å². The molecule has 0 aliphatic rings. The first-order valence-electron chi connectivity index (χ1n) is 11.7. The fourth-order valence-electron chi connectivity index (χ4n) is 3.58. The zero-order valence-electron chi connectivity index (χ0n) is 21.2. The van der Waals surface area contributed by atoms with Gasteiger partial charge in [-0.25, -0.2) is 14.5 Å². The second-order valence-corrected chi connectivity index (χ2v) is 8.01. The first kappa shape index (κ1) is 27.2. The van der Waals surface area contributed by atoms with E-state index in [9.17, 15) is 18.0 Å². The van der Waals surface area contributed by atoms with Crippen LogP contribution in [0.4, 0.5) is 24.8 Å². The van der Waals surface area contributed by atoms with E-state index in [-0.39, 0.29) is 18.4 Å². The molecule has 0 fully saturated rings. The summed E-state index contributed by atoms with van der Waals surface area (Å²) in [6.45, 7) is 1.95. The molecule has 202 valence electrons. The van der Waals surface area contributed by atoms with E-state index in [2.05, 4.69) is 20.4 Å². The lowest BCUT2D eigenvalue weighted by molar-refractivity contribution is -0.141. The molecule has 2 aromatic heterocycles. The lowest BCUT2D eigenvalue weighted by Gasteiger charge is -2.13. The Morgan fingerprint density at radius 1 is 1.08 bits per heavy atom. The van der Waals surface area contributed by atoms with Crippen molar-refractivity contribution in [3.05, 3.63) is 78.3 Å². The van der Waals surface area contributed by atoms with Crippen LogP contribution in [0.1, 0.15) is 18.2 Å². The minimum absolute atomic E-state index is 0.101. The van der Waals surface area contributed by atoms with Gasteiger partial charge in [-0.05, 0) is 36.3 Å². The predicted octanol–water partition coefficient (Wildman–Crippen LogP) is 5.69. The normalized spacial score (nSPS) is 11.4. The lowest BCUT2D eigenvalue weighted by Crippen LogP contribution is -2.10. The van der Waals surface area contributed by atoms with E-state index in [4.69, 9.17) is 14.2 Å². The van der Waals surface area contributed by atoms with Gasteiger partial charge in [0.1, 0.15) is 11.5 Å². The Hall–Kier alpha value is -4.87. The smallest absolute Gasteiger partial charge is 0.435 e. The molecule has 0 aliphatic carbocycles. The number of rotatable bonds is 9. The van der Waals surface area contributed by atoms with Crippen molar-refractivity contribution >= 4 is 23.7 Å². The summed E-state index contributed by atoms with van der Waals surface area (Å²) < 4.78 is 56.5.